The Kier molecular flexibility index (Phi) is 8.22. The maximum absolute atomic E-state index is 13.8. The number of methoxy groups -OCH3 is 2. The van der Waals surface area contributed by atoms with Gasteiger partial charge >= 0.3 is 0 Å². The van der Waals surface area contributed by atoms with Crippen LogP contribution in [0.5, 0.6) is 11.5 Å². The zero-order valence-corrected chi connectivity index (χ0v) is 29.1. The minimum absolute atomic E-state index is 0.217. The molecule has 1 N–H and O–H groups in total. The fraction of sp³-hybridized carbons (Fsp3) is 0.216. The zero-order chi connectivity index (χ0) is 35.1. The minimum atomic E-state index is -3.73. The molecule has 1 aliphatic heterocycles. The Bertz CT molecular complexity index is 2530. The van der Waals surface area contributed by atoms with Crippen molar-refractivity contribution in [1.29, 1.82) is 0 Å². The fourth-order valence-electron chi connectivity index (χ4n) is 6.31. The summed E-state index contributed by atoms with van der Waals surface area (Å²) in [6.45, 7) is 2.34. The Hall–Kier alpha value is -6.02. The quantitative estimate of drug-likeness (QED) is 0.181. The number of sulfone groups is 1. The molecule has 0 unspecified atom stereocenters. The predicted octanol–water partition coefficient (Wildman–Crippen LogP) is 5.58. The van der Waals surface area contributed by atoms with Crippen LogP contribution in [-0.4, -0.2) is 70.0 Å². The topological polar surface area (TPSA) is 142 Å². The van der Waals surface area contributed by atoms with Crippen molar-refractivity contribution in [1.82, 2.24) is 34.3 Å². The molecule has 0 bridgehead atoms. The number of nitrogens with one attached hydrogen (secondary N) is 1. The average Bonchev–Trinajstić information content (AvgIpc) is 3.73. The highest BCUT2D eigenvalue weighted by Crippen LogP contribution is 2.36. The molecule has 1 aliphatic rings. The van der Waals surface area contributed by atoms with Gasteiger partial charge in [-0.25, -0.2) is 23.4 Å². The van der Waals surface area contributed by atoms with Crippen LogP contribution < -0.4 is 19.7 Å². The van der Waals surface area contributed by atoms with Gasteiger partial charge in [0, 0.05) is 67.9 Å². The number of aromatic nitrogens is 7. The maximum atomic E-state index is 13.8. The third-order valence-corrected chi connectivity index (χ3v) is 10.8. The highest BCUT2D eigenvalue weighted by molar-refractivity contribution is 7.90. The molecule has 0 atom stereocenters. The van der Waals surface area contributed by atoms with Gasteiger partial charge in [-0.05, 0) is 60.5 Å². The van der Waals surface area contributed by atoms with Crippen LogP contribution in [0.15, 0.2) is 96.7 Å². The van der Waals surface area contributed by atoms with Crippen LogP contribution in [-0.2, 0) is 29.2 Å². The summed E-state index contributed by atoms with van der Waals surface area (Å²) in [5, 5.41) is 9.78. The van der Waals surface area contributed by atoms with E-state index in [4.69, 9.17) is 14.5 Å². The van der Waals surface area contributed by atoms with Gasteiger partial charge in [0.05, 0.1) is 53.3 Å². The van der Waals surface area contributed by atoms with E-state index in [0.717, 1.165) is 52.9 Å². The standard InChI is InChI=1S/C37H35N9O4S/c1-44-14-11-31(43-44)30-21-46(37-35(30)36(40-23-41-37)39-19-26-5-8-28(49-2)16-33(26)50-3)27-15-24(18-38-20-27)22-51(47,48)29-9-6-25-7-10-34(42-32(25)17-29)45-12-4-13-45/h5-11,14-18,20-21,23H,4,12-13,19,22H2,1-3H3,(H,39,40,41). The van der Waals surface area contributed by atoms with Crippen molar-refractivity contribution >= 4 is 43.4 Å². The molecule has 6 heterocycles. The van der Waals surface area contributed by atoms with Gasteiger partial charge < -0.3 is 19.7 Å². The second-order valence-electron chi connectivity index (χ2n) is 12.4. The summed E-state index contributed by atoms with van der Waals surface area (Å²) in [6, 6.07) is 18.5. The lowest BCUT2D eigenvalue weighted by Crippen LogP contribution is -2.37. The number of benzene rings is 2. The van der Waals surface area contributed by atoms with Crippen molar-refractivity contribution in [3.8, 4) is 28.4 Å². The predicted molar refractivity (Wildman–Crippen MR) is 195 cm³/mol. The largest absolute Gasteiger partial charge is 0.497 e. The molecule has 258 valence electrons. The molecule has 0 spiro atoms. The van der Waals surface area contributed by atoms with Crippen LogP contribution >= 0.6 is 0 Å². The molecule has 5 aromatic heterocycles. The molecule has 0 aliphatic carbocycles. The first-order chi connectivity index (χ1) is 24.8. The molecule has 2 aromatic carbocycles. The molecule has 8 rings (SSSR count). The first-order valence-corrected chi connectivity index (χ1v) is 18.1. The number of fused-ring (bicyclic) bond motifs is 2. The van der Waals surface area contributed by atoms with Crippen molar-refractivity contribution in [2.45, 2.75) is 23.6 Å². The van der Waals surface area contributed by atoms with E-state index in [0.29, 0.717) is 46.3 Å². The van der Waals surface area contributed by atoms with E-state index in [1.807, 2.05) is 72.5 Å². The molecule has 1 saturated heterocycles. The van der Waals surface area contributed by atoms with Gasteiger partial charge in [-0.1, -0.05) is 6.07 Å². The van der Waals surface area contributed by atoms with Gasteiger partial charge in [0.2, 0.25) is 0 Å². The molecule has 0 saturated carbocycles. The third kappa shape index (κ3) is 6.18. The maximum Gasteiger partial charge on any atom is 0.182 e. The average molecular weight is 702 g/mol. The second kappa shape index (κ2) is 13.0. The number of pyridine rings is 2. The summed E-state index contributed by atoms with van der Waals surface area (Å²) < 4.78 is 42.1. The molecular weight excluding hydrogens is 667 g/mol. The molecule has 0 radical (unpaired) electrons. The van der Waals surface area contributed by atoms with Gasteiger partial charge in [0.15, 0.2) is 15.5 Å². The second-order valence-corrected chi connectivity index (χ2v) is 14.4. The molecule has 1 fully saturated rings. The van der Waals surface area contributed by atoms with Gasteiger partial charge in [-0.15, -0.1) is 0 Å². The number of rotatable bonds is 11. The molecule has 14 heteroatoms. The Balaban J connectivity index is 1.14. The molecule has 0 amide bonds. The molecule has 51 heavy (non-hydrogen) atoms. The number of aryl methyl sites for hydroxylation is 1. The van der Waals surface area contributed by atoms with E-state index in [1.165, 1.54) is 6.33 Å². The summed E-state index contributed by atoms with van der Waals surface area (Å²) in [7, 11) is 1.37. The van der Waals surface area contributed by atoms with E-state index < -0.39 is 9.84 Å². The van der Waals surface area contributed by atoms with Crippen molar-refractivity contribution in [3.63, 3.8) is 0 Å². The van der Waals surface area contributed by atoms with Crippen molar-refractivity contribution < 1.29 is 17.9 Å². The van der Waals surface area contributed by atoms with Crippen LogP contribution in [0.1, 0.15) is 17.5 Å². The first-order valence-electron chi connectivity index (χ1n) is 16.4. The summed E-state index contributed by atoms with van der Waals surface area (Å²) >= 11 is 0. The van der Waals surface area contributed by atoms with Crippen LogP contribution in [0, 0.1) is 0 Å². The van der Waals surface area contributed by atoms with Crippen molar-refractivity contribution in [2.75, 3.05) is 37.5 Å². The number of nitrogens with zero attached hydrogens (tertiary/aromatic N) is 8. The zero-order valence-electron chi connectivity index (χ0n) is 28.3. The lowest BCUT2D eigenvalue weighted by atomic mass is 10.1. The monoisotopic (exact) mass is 701 g/mol. The Morgan fingerprint density at radius 1 is 0.941 bits per heavy atom. The summed E-state index contributed by atoms with van der Waals surface area (Å²) in [4.78, 5) is 20.9. The minimum Gasteiger partial charge on any atom is -0.497 e. The molecule has 7 aromatic rings. The fourth-order valence-corrected chi connectivity index (χ4v) is 7.64. The van der Waals surface area contributed by atoms with Gasteiger partial charge in [0.1, 0.15) is 29.5 Å². The highest BCUT2D eigenvalue weighted by Gasteiger charge is 2.22. The Morgan fingerprint density at radius 3 is 2.57 bits per heavy atom. The molecular formula is C37H35N9O4S. The van der Waals surface area contributed by atoms with E-state index in [2.05, 4.69) is 30.3 Å². The number of hydrogen-bond donors (Lipinski definition) is 1. The lowest BCUT2D eigenvalue weighted by molar-refractivity contribution is 0.391. The lowest BCUT2D eigenvalue weighted by Gasteiger charge is -2.32. The van der Waals surface area contributed by atoms with Crippen molar-refractivity contribution in [3.05, 3.63) is 103 Å². The molecule has 13 nitrogen and oxygen atoms in total. The number of ether oxygens (including phenoxy) is 2. The van der Waals surface area contributed by atoms with Gasteiger partial charge in [0.25, 0.3) is 0 Å². The Morgan fingerprint density at radius 2 is 1.80 bits per heavy atom. The van der Waals surface area contributed by atoms with Crippen molar-refractivity contribution in [2.24, 2.45) is 7.05 Å². The number of anilines is 2. The summed E-state index contributed by atoms with van der Waals surface area (Å²) in [5.41, 5.74) is 4.90. The summed E-state index contributed by atoms with van der Waals surface area (Å²) in [6.07, 6.45) is 9.71. The van der Waals surface area contributed by atoms with E-state index in [9.17, 15) is 8.42 Å². The Labute approximate surface area is 294 Å². The van der Waals surface area contributed by atoms with Gasteiger partial charge in [-0.3, -0.25) is 14.2 Å². The van der Waals surface area contributed by atoms with E-state index in [-0.39, 0.29) is 10.6 Å². The highest BCUT2D eigenvalue weighted by atomic mass is 32.2. The first kappa shape index (κ1) is 32.2. The smallest absolute Gasteiger partial charge is 0.182 e. The van der Waals surface area contributed by atoms with Crippen LogP contribution in [0.2, 0.25) is 0 Å². The van der Waals surface area contributed by atoms with E-state index >= 15 is 0 Å². The SMILES string of the molecule is COc1ccc(CNc2ncnc3c2c(-c2ccn(C)n2)cn3-c2cncc(CS(=O)(=O)c3ccc4ccc(N5CCC5)nc4c3)c2)c(OC)c1. The third-order valence-electron chi connectivity index (χ3n) is 9.12. The van der Waals surface area contributed by atoms with E-state index in [1.54, 1.807) is 43.4 Å². The van der Waals surface area contributed by atoms with Crippen LogP contribution in [0.25, 0.3) is 38.9 Å². The normalized spacial score (nSPS) is 13.0. The summed E-state index contributed by atoms with van der Waals surface area (Å²) in [5.74, 6) is 2.62. The van der Waals surface area contributed by atoms with Crippen LogP contribution in [0.4, 0.5) is 11.6 Å². The number of hydrogen-bond acceptors (Lipinski definition) is 11. The van der Waals surface area contributed by atoms with Gasteiger partial charge in [-0.2, -0.15) is 5.10 Å². The van der Waals surface area contributed by atoms with Crippen LogP contribution in [0.3, 0.4) is 0 Å².